The first-order chi connectivity index (χ1) is 11.7. The number of rotatable bonds is 4. The highest BCUT2D eigenvalue weighted by molar-refractivity contribution is 6.33. The van der Waals surface area contributed by atoms with Crippen molar-refractivity contribution in [2.45, 2.75) is 19.2 Å². The van der Waals surface area contributed by atoms with Gasteiger partial charge in [-0.1, -0.05) is 41.9 Å². The number of nitrogens with one attached hydrogen (secondary N) is 1. The summed E-state index contributed by atoms with van der Waals surface area (Å²) in [6, 6.07) is 10.6. The molecule has 2 rings (SSSR count). The lowest BCUT2D eigenvalue weighted by Gasteiger charge is -2.18. The van der Waals surface area contributed by atoms with Crippen molar-refractivity contribution in [2.75, 3.05) is 5.32 Å². The van der Waals surface area contributed by atoms with E-state index in [-0.39, 0.29) is 10.7 Å². The van der Waals surface area contributed by atoms with Gasteiger partial charge in [0.1, 0.15) is 0 Å². The number of ether oxygens (including phenoxy) is 1. The molecule has 0 aliphatic carbocycles. The molecule has 0 aliphatic heterocycles. The Morgan fingerprint density at radius 3 is 2.32 bits per heavy atom. The van der Waals surface area contributed by atoms with Gasteiger partial charge in [-0.15, -0.1) is 0 Å². The Bertz CT molecular complexity index is 778. The molecule has 0 fully saturated rings. The standard InChI is InChI=1S/C17H13ClF3NO3/c1-10(23)25-15(11-5-3-2-4-6-11)16(24)22-14-9-12(17(19,20)21)7-8-13(14)18/h2-9,15H,1H3,(H,22,24). The van der Waals surface area contributed by atoms with Crippen LogP contribution in [0.25, 0.3) is 0 Å². The molecular formula is C17H13ClF3NO3. The first kappa shape index (κ1) is 18.8. The molecule has 25 heavy (non-hydrogen) atoms. The van der Waals surface area contributed by atoms with E-state index in [1.807, 2.05) is 0 Å². The van der Waals surface area contributed by atoms with E-state index < -0.39 is 29.7 Å². The first-order valence-electron chi connectivity index (χ1n) is 7.08. The molecule has 1 unspecified atom stereocenters. The van der Waals surface area contributed by atoms with Crippen LogP contribution in [0.2, 0.25) is 5.02 Å². The fraction of sp³-hybridized carbons (Fsp3) is 0.176. The minimum Gasteiger partial charge on any atom is -0.447 e. The van der Waals surface area contributed by atoms with Crippen LogP contribution in [-0.2, 0) is 20.5 Å². The lowest BCUT2D eigenvalue weighted by molar-refractivity contribution is -0.152. The van der Waals surface area contributed by atoms with Crippen molar-refractivity contribution in [3.63, 3.8) is 0 Å². The number of anilines is 1. The summed E-state index contributed by atoms with van der Waals surface area (Å²) >= 11 is 5.86. The maximum absolute atomic E-state index is 12.8. The zero-order valence-corrected chi connectivity index (χ0v) is 13.7. The monoisotopic (exact) mass is 371 g/mol. The van der Waals surface area contributed by atoms with Crippen molar-refractivity contribution in [2.24, 2.45) is 0 Å². The maximum atomic E-state index is 12.8. The lowest BCUT2D eigenvalue weighted by atomic mass is 10.1. The van der Waals surface area contributed by atoms with E-state index in [0.717, 1.165) is 25.1 Å². The Labute approximate surface area is 146 Å². The topological polar surface area (TPSA) is 55.4 Å². The number of amides is 1. The molecular weight excluding hydrogens is 359 g/mol. The molecule has 0 saturated heterocycles. The average molecular weight is 372 g/mol. The molecule has 0 saturated carbocycles. The van der Waals surface area contributed by atoms with Crippen molar-refractivity contribution in [3.8, 4) is 0 Å². The van der Waals surface area contributed by atoms with Crippen LogP contribution in [0, 0.1) is 0 Å². The van der Waals surface area contributed by atoms with Crippen LogP contribution in [0.4, 0.5) is 18.9 Å². The van der Waals surface area contributed by atoms with Crippen molar-refractivity contribution >= 4 is 29.2 Å². The van der Waals surface area contributed by atoms with Gasteiger partial charge in [-0.3, -0.25) is 9.59 Å². The number of carbonyl (C=O) groups excluding carboxylic acids is 2. The summed E-state index contributed by atoms with van der Waals surface area (Å²) in [7, 11) is 0. The van der Waals surface area contributed by atoms with E-state index in [1.54, 1.807) is 30.3 Å². The zero-order chi connectivity index (χ0) is 18.6. The highest BCUT2D eigenvalue weighted by Gasteiger charge is 2.32. The van der Waals surface area contributed by atoms with Crippen molar-refractivity contribution < 1.29 is 27.5 Å². The van der Waals surface area contributed by atoms with Crippen LogP contribution in [0.5, 0.6) is 0 Å². The van der Waals surface area contributed by atoms with Gasteiger partial charge in [-0.2, -0.15) is 13.2 Å². The van der Waals surface area contributed by atoms with Gasteiger partial charge in [-0.05, 0) is 18.2 Å². The number of hydrogen-bond donors (Lipinski definition) is 1. The predicted molar refractivity (Wildman–Crippen MR) is 86.0 cm³/mol. The Balaban J connectivity index is 2.31. The molecule has 1 atom stereocenters. The van der Waals surface area contributed by atoms with E-state index in [9.17, 15) is 22.8 Å². The largest absolute Gasteiger partial charge is 0.447 e. The van der Waals surface area contributed by atoms with Crippen molar-refractivity contribution in [1.82, 2.24) is 0 Å². The SMILES string of the molecule is CC(=O)OC(C(=O)Nc1cc(C(F)(F)F)ccc1Cl)c1ccccc1. The quantitative estimate of drug-likeness (QED) is 0.799. The molecule has 2 aromatic carbocycles. The van der Waals surface area contributed by atoms with Gasteiger partial charge in [0.05, 0.1) is 16.3 Å². The smallest absolute Gasteiger partial charge is 0.416 e. The van der Waals surface area contributed by atoms with Crippen molar-refractivity contribution in [3.05, 3.63) is 64.7 Å². The van der Waals surface area contributed by atoms with E-state index in [1.165, 1.54) is 0 Å². The highest BCUT2D eigenvalue weighted by Crippen LogP contribution is 2.34. The fourth-order valence-electron chi connectivity index (χ4n) is 2.06. The summed E-state index contributed by atoms with van der Waals surface area (Å²) in [6.07, 6.45) is -5.90. The summed E-state index contributed by atoms with van der Waals surface area (Å²) in [6.45, 7) is 1.13. The molecule has 4 nitrogen and oxygen atoms in total. The van der Waals surface area contributed by atoms with Gasteiger partial charge in [0, 0.05) is 12.5 Å². The molecule has 1 N–H and O–H groups in total. The van der Waals surface area contributed by atoms with Crippen LogP contribution in [0.15, 0.2) is 48.5 Å². The minimum atomic E-state index is -4.58. The molecule has 0 aromatic heterocycles. The second-order valence-electron chi connectivity index (χ2n) is 5.08. The summed E-state index contributed by atoms with van der Waals surface area (Å²) in [5.74, 6) is -1.53. The van der Waals surface area contributed by atoms with E-state index in [0.29, 0.717) is 5.56 Å². The molecule has 0 heterocycles. The highest BCUT2D eigenvalue weighted by atomic mass is 35.5. The predicted octanol–water partition coefficient (Wildman–Crippen LogP) is 4.60. The Hall–Kier alpha value is -2.54. The molecule has 0 bridgehead atoms. The average Bonchev–Trinajstić information content (AvgIpc) is 2.54. The van der Waals surface area contributed by atoms with Gasteiger partial charge in [0.15, 0.2) is 0 Å². The van der Waals surface area contributed by atoms with Gasteiger partial charge < -0.3 is 10.1 Å². The number of alkyl halides is 3. The third-order valence-electron chi connectivity index (χ3n) is 3.18. The van der Waals surface area contributed by atoms with Crippen molar-refractivity contribution in [1.29, 1.82) is 0 Å². The summed E-state index contributed by atoms with van der Waals surface area (Å²) in [4.78, 5) is 23.7. The zero-order valence-electron chi connectivity index (χ0n) is 12.9. The van der Waals surface area contributed by atoms with E-state index >= 15 is 0 Å². The van der Waals surface area contributed by atoms with Crippen LogP contribution < -0.4 is 5.32 Å². The Morgan fingerprint density at radius 2 is 1.76 bits per heavy atom. The van der Waals surface area contributed by atoms with Crippen LogP contribution in [0.3, 0.4) is 0 Å². The number of esters is 1. The summed E-state index contributed by atoms with van der Waals surface area (Å²) in [5.41, 5.74) is -0.816. The third-order valence-corrected chi connectivity index (χ3v) is 3.51. The molecule has 0 radical (unpaired) electrons. The first-order valence-corrected chi connectivity index (χ1v) is 7.46. The van der Waals surface area contributed by atoms with Crippen LogP contribution in [0.1, 0.15) is 24.2 Å². The number of hydrogen-bond acceptors (Lipinski definition) is 3. The normalized spacial score (nSPS) is 12.4. The second kappa shape index (κ2) is 7.57. The van der Waals surface area contributed by atoms with Crippen LogP contribution in [-0.4, -0.2) is 11.9 Å². The lowest BCUT2D eigenvalue weighted by Crippen LogP contribution is -2.25. The Morgan fingerprint density at radius 1 is 1.12 bits per heavy atom. The fourth-order valence-corrected chi connectivity index (χ4v) is 2.23. The number of halogens is 4. The molecule has 1 amide bonds. The molecule has 0 spiro atoms. The van der Waals surface area contributed by atoms with Gasteiger partial charge in [-0.25, -0.2) is 0 Å². The minimum absolute atomic E-state index is 0.0732. The number of carbonyl (C=O) groups is 2. The summed E-state index contributed by atoms with van der Waals surface area (Å²) in [5, 5.41) is 2.21. The summed E-state index contributed by atoms with van der Waals surface area (Å²) < 4.78 is 43.4. The molecule has 8 heteroatoms. The second-order valence-corrected chi connectivity index (χ2v) is 5.49. The van der Waals surface area contributed by atoms with Gasteiger partial charge in [0.2, 0.25) is 6.10 Å². The Kier molecular flexibility index (Phi) is 5.69. The molecule has 2 aromatic rings. The number of benzene rings is 2. The van der Waals surface area contributed by atoms with E-state index in [4.69, 9.17) is 16.3 Å². The van der Waals surface area contributed by atoms with E-state index in [2.05, 4.69) is 5.32 Å². The van der Waals surface area contributed by atoms with Gasteiger partial charge in [0.25, 0.3) is 5.91 Å². The van der Waals surface area contributed by atoms with Crippen LogP contribution >= 0.6 is 11.6 Å². The third kappa shape index (κ3) is 4.96. The molecule has 0 aliphatic rings. The maximum Gasteiger partial charge on any atom is 0.416 e. The van der Waals surface area contributed by atoms with Gasteiger partial charge >= 0.3 is 12.1 Å². The molecule has 132 valence electrons.